The summed E-state index contributed by atoms with van der Waals surface area (Å²) in [7, 11) is 0. The van der Waals surface area contributed by atoms with E-state index in [0.717, 1.165) is 10.0 Å². The van der Waals surface area contributed by atoms with E-state index in [1.165, 1.54) is 0 Å². The van der Waals surface area contributed by atoms with Gasteiger partial charge in [0.2, 0.25) is 0 Å². The van der Waals surface area contributed by atoms with Crippen molar-refractivity contribution in [3.8, 4) is 0 Å². The van der Waals surface area contributed by atoms with E-state index in [1.807, 2.05) is 12.1 Å². The molecule has 0 fully saturated rings. The molecule has 2 rings (SSSR count). The molecule has 1 unspecified atom stereocenters. The highest BCUT2D eigenvalue weighted by Gasteiger charge is 2.30. The zero-order chi connectivity index (χ0) is 11.0. The number of hydrogen-bond acceptors (Lipinski definition) is 2. The van der Waals surface area contributed by atoms with Gasteiger partial charge >= 0.3 is 5.97 Å². The Morgan fingerprint density at radius 2 is 2.13 bits per heavy atom. The number of fused-ring (bicyclic) bond motifs is 1. The van der Waals surface area contributed by atoms with Crippen LogP contribution in [0.4, 0.5) is 0 Å². The molecule has 1 aromatic rings. The van der Waals surface area contributed by atoms with Crippen molar-refractivity contribution in [2.24, 2.45) is 5.92 Å². The topological polar surface area (TPSA) is 54.4 Å². The first-order chi connectivity index (χ1) is 7.09. The molecule has 0 saturated carbocycles. The number of aliphatic carboxylic acids is 1. The van der Waals surface area contributed by atoms with Crippen molar-refractivity contribution in [1.82, 2.24) is 0 Å². The molecule has 4 heteroatoms. The van der Waals surface area contributed by atoms with Gasteiger partial charge in [-0.1, -0.05) is 28.1 Å². The number of carbonyl (C=O) groups excluding carboxylic acids is 1. The van der Waals surface area contributed by atoms with Crippen LogP contribution in [0, 0.1) is 5.92 Å². The Morgan fingerprint density at radius 3 is 2.80 bits per heavy atom. The Bertz CT molecular complexity index is 439. The lowest BCUT2D eigenvalue weighted by Crippen LogP contribution is -2.26. The van der Waals surface area contributed by atoms with Crippen molar-refractivity contribution < 1.29 is 14.7 Å². The van der Waals surface area contributed by atoms with Crippen molar-refractivity contribution in [2.75, 3.05) is 0 Å². The number of carbonyl (C=O) groups is 2. The van der Waals surface area contributed by atoms with Crippen LogP contribution < -0.4 is 0 Å². The van der Waals surface area contributed by atoms with Crippen molar-refractivity contribution >= 4 is 27.7 Å². The van der Waals surface area contributed by atoms with Crippen LogP contribution in [0.15, 0.2) is 22.7 Å². The van der Waals surface area contributed by atoms with Gasteiger partial charge in [-0.2, -0.15) is 0 Å². The number of hydrogen-bond donors (Lipinski definition) is 1. The molecule has 1 N–H and O–H groups in total. The van der Waals surface area contributed by atoms with Gasteiger partial charge in [0.05, 0.1) is 5.92 Å². The average molecular weight is 269 g/mol. The SMILES string of the molecule is O=C1CC(C(=O)O)Cc2cccc(Br)c21. The molecule has 0 heterocycles. The minimum absolute atomic E-state index is 0.0869. The van der Waals surface area contributed by atoms with Crippen LogP contribution in [0.1, 0.15) is 22.3 Å². The summed E-state index contributed by atoms with van der Waals surface area (Å²) < 4.78 is 0.758. The Kier molecular flexibility index (Phi) is 2.61. The first-order valence-electron chi connectivity index (χ1n) is 4.63. The monoisotopic (exact) mass is 268 g/mol. The highest BCUT2D eigenvalue weighted by molar-refractivity contribution is 9.10. The van der Waals surface area contributed by atoms with Gasteiger partial charge < -0.3 is 5.11 Å². The van der Waals surface area contributed by atoms with Crippen LogP contribution in [0.2, 0.25) is 0 Å². The quantitative estimate of drug-likeness (QED) is 0.850. The van der Waals surface area contributed by atoms with Gasteiger partial charge in [-0.05, 0) is 18.1 Å². The van der Waals surface area contributed by atoms with Crippen molar-refractivity contribution in [3.05, 3.63) is 33.8 Å². The van der Waals surface area contributed by atoms with E-state index in [9.17, 15) is 9.59 Å². The molecule has 0 saturated heterocycles. The second-order valence-corrected chi connectivity index (χ2v) is 4.49. The summed E-state index contributed by atoms with van der Waals surface area (Å²) in [6, 6.07) is 5.44. The predicted molar refractivity (Wildman–Crippen MR) is 57.9 cm³/mol. The summed E-state index contributed by atoms with van der Waals surface area (Å²) in [6.07, 6.45) is 0.542. The summed E-state index contributed by atoms with van der Waals surface area (Å²) in [5, 5.41) is 8.89. The highest BCUT2D eigenvalue weighted by Crippen LogP contribution is 2.30. The minimum Gasteiger partial charge on any atom is -0.481 e. The molecular weight excluding hydrogens is 260 g/mol. The van der Waals surface area contributed by atoms with Crippen LogP contribution in [0.3, 0.4) is 0 Å². The molecule has 1 aliphatic rings. The summed E-state index contributed by atoms with van der Waals surface area (Å²) in [5.74, 6) is -1.55. The normalized spacial score (nSPS) is 19.8. The third kappa shape index (κ3) is 1.81. The van der Waals surface area contributed by atoms with Crippen molar-refractivity contribution in [2.45, 2.75) is 12.8 Å². The number of benzene rings is 1. The Morgan fingerprint density at radius 1 is 1.40 bits per heavy atom. The van der Waals surface area contributed by atoms with E-state index in [0.29, 0.717) is 12.0 Å². The number of carboxylic acid groups (broad SMARTS) is 1. The van der Waals surface area contributed by atoms with Gasteiger partial charge in [-0.15, -0.1) is 0 Å². The smallest absolute Gasteiger partial charge is 0.307 e. The maximum absolute atomic E-state index is 11.7. The summed E-state index contributed by atoms with van der Waals surface area (Å²) in [4.78, 5) is 22.6. The summed E-state index contributed by atoms with van der Waals surface area (Å²) >= 11 is 3.31. The van der Waals surface area contributed by atoms with Crippen LogP contribution in [0.25, 0.3) is 0 Å². The van der Waals surface area contributed by atoms with Gasteiger partial charge in [0.25, 0.3) is 0 Å². The molecule has 1 atom stereocenters. The van der Waals surface area contributed by atoms with Gasteiger partial charge in [0.15, 0.2) is 5.78 Å². The third-order valence-corrected chi connectivity index (χ3v) is 3.29. The molecule has 0 spiro atoms. The number of halogens is 1. The van der Waals surface area contributed by atoms with Crippen molar-refractivity contribution in [3.63, 3.8) is 0 Å². The number of carboxylic acids is 1. The van der Waals surface area contributed by atoms with Crippen LogP contribution in [-0.4, -0.2) is 16.9 Å². The molecule has 0 radical (unpaired) electrons. The van der Waals surface area contributed by atoms with Crippen LogP contribution in [-0.2, 0) is 11.2 Å². The van der Waals surface area contributed by atoms with Crippen molar-refractivity contribution in [1.29, 1.82) is 0 Å². The standard InChI is InChI=1S/C11H9BrO3/c12-8-3-1-2-6-4-7(11(14)15)5-9(13)10(6)8/h1-3,7H,4-5H2,(H,14,15). The molecule has 1 aromatic carbocycles. The fourth-order valence-corrected chi connectivity index (χ4v) is 2.52. The van der Waals surface area contributed by atoms with E-state index < -0.39 is 11.9 Å². The van der Waals surface area contributed by atoms with E-state index in [2.05, 4.69) is 15.9 Å². The predicted octanol–water partition coefficient (Wildman–Crippen LogP) is 2.28. The first-order valence-corrected chi connectivity index (χ1v) is 5.42. The van der Waals surface area contributed by atoms with E-state index in [4.69, 9.17) is 5.11 Å². The molecule has 78 valence electrons. The zero-order valence-corrected chi connectivity index (χ0v) is 9.45. The Labute approximate surface area is 95.2 Å². The van der Waals surface area contributed by atoms with Gasteiger partial charge in [0, 0.05) is 16.5 Å². The van der Waals surface area contributed by atoms with E-state index in [1.54, 1.807) is 6.07 Å². The average Bonchev–Trinajstić information content (AvgIpc) is 2.17. The lowest BCUT2D eigenvalue weighted by atomic mass is 9.83. The summed E-state index contributed by atoms with van der Waals surface area (Å²) in [5.41, 5.74) is 1.48. The van der Waals surface area contributed by atoms with Gasteiger partial charge in [-0.25, -0.2) is 0 Å². The molecule has 0 aliphatic heterocycles. The minimum atomic E-state index is -0.894. The fraction of sp³-hybridized carbons (Fsp3) is 0.273. The van der Waals surface area contributed by atoms with E-state index >= 15 is 0 Å². The molecule has 15 heavy (non-hydrogen) atoms. The second-order valence-electron chi connectivity index (χ2n) is 3.64. The lowest BCUT2D eigenvalue weighted by Gasteiger charge is -2.21. The number of rotatable bonds is 1. The molecule has 0 aromatic heterocycles. The number of Topliss-reactive ketones (excluding diaryl/α,β-unsaturated/α-hetero) is 1. The maximum atomic E-state index is 11.7. The Hall–Kier alpha value is -1.16. The zero-order valence-electron chi connectivity index (χ0n) is 7.87. The molecule has 0 amide bonds. The third-order valence-electron chi connectivity index (χ3n) is 2.63. The summed E-state index contributed by atoms with van der Waals surface area (Å²) in [6.45, 7) is 0. The molecule has 1 aliphatic carbocycles. The van der Waals surface area contributed by atoms with Gasteiger partial charge in [-0.3, -0.25) is 9.59 Å². The van der Waals surface area contributed by atoms with Gasteiger partial charge in [0.1, 0.15) is 0 Å². The number of ketones is 1. The molecular formula is C11H9BrO3. The highest BCUT2D eigenvalue weighted by atomic mass is 79.9. The Balaban J connectivity index is 2.45. The second kappa shape index (κ2) is 3.77. The van der Waals surface area contributed by atoms with E-state index in [-0.39, 0.29) is 12.2 Å². The largest absolute Gasteiger partial charge is 0.481 e. The molecule has 0 bridgehead atoms. The fourth-order valence-electron chi connectivity index (χ4n) is 1.89. The molecule has 3 nitrogen and oxygen atoms in total. The first kappa shape index (κ1) is 10.4. The maximum Gasteiger partial charge on any atom is 0.307 e. The lowest BCUT2D eigenvalue weighted by molar-refractivity contribution is -0.141. The van der Waals surface area contributed by atoms with Crippen LogP contribution in [0.5, 0.6) is 0 Å². The van der Waals surface area contributed by atoms with Crippen LogP contribution >= 0.6 is 15.9 Å².